The minimum atomic E-state index is -0.403. The predicted octanol–water partition coefficient (Wildman–Crippen LogP) is 5.80. The van der Waals surface area contributed by atoms with Crippen LogP contribution in [0.15, 0.2) is 98.6 Å². The fraction of sp³-hybridized carbons (Fsp3) is 0.152. The van der Waals surface area contributed by atoms with Gasteiger partial charge in [-0.2, -0.15) is 0 Å². The molecule has 1 aliphatic carbocycles. The summed E-state index contributed by atoms with van der Waals surface area (Å²) in [6, 6.07) is 24.3. The molecule has 208 valence electrons. The van der Waals surface area contributed by atoms with Crippen LogP contribution in [-0.4, -0.2) is 16.6 Å². The summed E-state index contributed by atoms with van der Waals surface area (Å²) in [4.78, 5) is 30.7. The van der Waals surface area contributed by atoms with Crippen LogP contribution in [0.2, 0.25) is 0 Å². The molecule has 2 aliphatic rings. The van der Waals surface area contributed by atoms with E-state index in [-0.39, 0.29) is 17.3 Å². The second-order valence-electron chi connectivity index (χ2n) is 10.3. The molecule has 0 radical (unpaired) electrons. The molecule has 5 aromatic rings. The standard InChI is InChI=1S/C33H25N3O5S/c1-19-11-12-21(17-26(19)36(38)39)27-16-14-22(41-27)18-29-32(37)35-31(24-9-5-6-10-28(24)40-2)25-15-13-20-7-3-4-8-23(20)30(25)34-33(35)42-29/h3-12,14,16-18,31H,13,15H2,1-2H3/b29-18+/t31-/m0/s1. The molecule has 9 heteroatoms. The number of nitro benzene ring substituents is 1. The topological polar surface area (TPSA) is 99.9 Å². The Morgan fingerprint density at radius 2 is 1.88 bits per heavy atom. The van der Waals surface area contributed by atoms with Crippen molar-refractivity contribution in [3.63, 3.8) is 0 Å². The molecule has 1 atom stereocenters. The summed E-state index contributed by atoms with van der Waals surface area (Å²) in [5, 5.41) is 11.4. The Bertz CT molecular complexity index is 2120. The van der Waals surface area contributed by atoms with E-state index in [9.17, 15) is 14.9 Å². The van der Waals surface area contributed by atoms with E-state index in [4.69, 9.17) is 14.1 Å². The maximum atomic E-state index is 14.1. The van der Waals surface area contributed by atoms with Crippen molar-refractivity contribution in [2.24, 2.45) is 4.99 Å². The molecule has 7 rings (SSSR count). The summed E-state index contributed by atoms with van der Waals surface area (Å²) in [5.74, 6) is 1.67. The normalized spacial score (nSPS) is 16.0. The number of thiazole rings is 1. The number of para-hydroxylation sites is 1. The Morgan fingerprint density at radius 1 is 1.07 bits per heavy atom. The molecule has 0 N–H and O–H groups in total. The highest BCUT2D eigenvalue weighted by Gasteiger charge is 2.34. The SMILES string of the molecule is COc1ccccc1[C@H]1C2=C(N=c3s/c(=C/c4ccc(-c5ccc(C)c([N+](=O)[O-])c5)o4)c(=O)n31)c1ccccc1CC2. The lowest BCUT2D eigenvalue weighted by Gasteiger charge is -2.31. The number of allylic oxidation sites excluding steroid dienone is 1. The van der Waals surface area contributed by atoms with E-state index in [0.717, 1.165) is 35.2 Å². The van der Waals surface area contributed by atoms with E-state index >= 15 is 0 Å². The molecule has 0 fully saturated rings. The zero-order valence-electron chi connectivity index (χ0n) is 22.9. The van der Waals surface area contributed by atoms with Gasteiger partial charge in [0.05, 0.1) is 28.3 Å². The van der Waals surface area contributed by atoms with Crippen LogP contribution in [0, 0.1) is 17.0 Å². The first kappa shape index (κ1) is 25.9. The molecule has 3 aromatic carbocycles. The summed E-state index contributed by atoms with van der Waals surface area (Å²) in [6.45, 7) is 1.70. The van der Waals surface area contributed by atoms with Crippen molar-refractivity contribution in [2.75, 3.05) is 7.11 Å². The number of aromatic nitrogens is 1. The third-order valence-corrected chi connectivity index (χ3v) is 8.88. The van der Waals surface area contributed by atoms with E-state index in [2.05, 4.69) is 12.1 Å². The zero-order chi connectivity index (χ0) is 29.0. The number of methoxy groups -OCH3 is 1. The van der Waals surface area contributed by atoms with E-state index in [0.29, 0.717) is 37.7 Å². The highest BCUT2D eigenvalue weighted by atomic mass is 32.1. The molecule has 0 saturated heterocycles. The number of ether oxygens (including phenoxy) is 1. The van der Waals surface area contributed by atoms with Crippen LogP contribution < -0.4 is 19.6 Å². The minimum absolute atomic E-state index is 0.0284. The molecule has 8 nitrogen and oxygen atoms in total. The molecule has 3 heterocycles. The van der Waals surface area contributed by atoms with Crippen molar-refractivity contribution >= 4 is 28.8 Å². The van der Waals surface area contributed by atoms with E-state index in [1.807, 2.05) is 36.4 Å². The average molecular weight is 576 g/mol. The zero-order valence-corrected chi connectivity index (χ0v) is 23.7. The highest BCUT2D eigenvalue weighted by Crippen LogP contribution is 2.43. The number of benzene rings is 3. The molecule has 1 aliphatic heterocycles. The fourth-order valence-electron chi connectivity index (χ4n) is 5.87. The van der Waals surface area contributed by atoms with Gasteiger partial charge in [0.1, 0.15) is 17.3 Å². The number of furan rings is 1. The Balaban J connectivity index is 1.39. The molecular weight excluding hydrogens is 550 g/mol. The Morgan fingerprint density at radius 3 is 2.71 bits per heavy atom. The van der Waals surface area contributed by atoms with Gasteiger partial charge in [-0.15, -0.1) is 0 Å². The highest BCUT2D eigenvalue weighted by molar-refractivity contribution is 7.07. The number of hydrogen-bond donors (Lipinski definition) is 0. The molecule has 2 aromatic heterocycles. The number of fused-ring (bicyclic) bond motifs is 3. The first-order valence-electron chi connectivity index (χ1n) is 13.5. The largest absolute Gasteiger partial charge is 0.496 e. The first-order chi connectivity index (χ1) is 20.4. The molecule has 0 spiro atoms. The van der Waals surface area contributed by atoms with Gasteiger partial charge in [-0.1, -0.05) is 65.9 Å². The van der Waals surface area contributed by atoms with Crippen LogP contribution in [0.4, 0.5) is 5.69 Å². The van der Waals surface area contributed by atoms with Gasteiger partial charge in [0.15, 0.2) is 4.80 Å². The van der Waals surface area contributed by atoms with Crippen molar-refractivity contribution < 1.29 is 14.1 Å². The smallest absolute Gasteiger partial charge is 0.273 e. The van der Waals surface area contributed by atoms with Gasteiger partial charge in [-0.3, -0.25) is 19.5 Å². The lowest BCUT2D eigenvalue weighted by Crippen LogP contribution is -2.38. The van der Waals surface area contributed by atoms with Gasteiger partial charge in [0.25, 0.3) is 11.2 Å². The quantitative estimate of drug-likeness (QED) is 0.195. The van der Waals surface area contributed by atoms with E-state index in [1.165, 1.54) is 23.0 Å². The number of hydrogen-bond acceptors (Lipinski definition) is 7. The fourth-order valence-corrected chi connectivity index (χ4v) is 6.85. The summed E-state index contributed by atoms with van der Waals surface area (Å²) < 4.78 is 14.0. The van der Waals surface area contributed by atoms with Gasteiger partial charge in [-0.25, -0.2) is 4.99 Å². The molecule has 0 amide bonds. The summed E-state index contributed by atoms with van der Waals surface area (Å²) >= 11 is 1.32. The van der Waals surface area contributed by atoms with E-state index in [1.54, 1.807) is 48.9 Å². The third-order valence-electron chi connectivity index (χ3n) is 7.90. The van der Waals surface area contributed by atoms with Crippen LogP contribution in [0.5, 0.6) is 5.75 Å². The van der Waals surface area contributed by atoms with Crippen LogP contribution in [0.3, 0.4) is 0 Å². The lowest BCUT2D eigenvalue weighted by atomic mass is 9.83. The van der Waals surface area contributed by atoms with E-state index < -0.39 is 4.92 Å². The van der Waals surface area contributed by atoms with Crippen molar-refractivity contribution in [3.05, 3.63) is 142 Å². The molecule has 0 bridgehead atoms. The maximum Gasteiger partial charge on any atom is 0.273 e. The van der Waals surface area contributed by atoms with Crippen molar-refractivity contribution in [3.8, 4) is 17.1 Å². The second-order valence-corrected chi connectivity index (χ2v) is 11.3. The first-order valence-corrected chi connectivity index (χ1v) is 14.4. The van der Waals surface area contributed by atoms with Gasteiger partial charge in [0, 0.05) is 34.4 Å². The van der Waals surface area contributed by atoms with Gasteiger partial charge >= 0.3 is 0 Å². The Kier molecular flexibility index (Phi) is 6.24. The Hall–Kier alpha value is -5.02. The molecule has 0 unspecified atom stereocenters. The molecule has 42 heavy (non-hydrogen) atoms. The Labute approximate surface area is 244 Å². The van der Waals surface area contributed by atoms with Crippen molar-refractivity contribution in [2.45, 2.75) is 25.8 Å². The predicted molar refractivity (Wildman–Crippen MR) is 161 cm³/mol. The number of rotatable bonds is 5. The second kappa shape index (κ2) is 10.1. The van der Waals surface area contributed by atoms with Gasteiger partial charge in [-0.05, 0) is 49.1 Å². The van der Waals surface area contributed by atoms with Crippen LogP contribution in [-0.2, 0) is 6.42 Å². The maximum absolute atomic E-state index is 14.1. The monoisotopic (exact) mass is 575 g/mol. The average Bonchev–Trinajstić information content (AvgIpc) is 3.60. The summed E-state index contributed by atoms with van der Waals surface area (Å²) in [5.41, 5.74) is 6.31. The summed E-state index contributed by atoms with van der Waals surface area (Å²) in [7, 11) is 1.64. The molecule has 0 saturated carbocycles. The number of nitro groups is 1. The van der Waals surface area contributed by atoms with Gasteiger partial charge in [0.2, 0.25) is 0 Å². The summed E-state index contributed by atoms with van der Waals surface area (Å²) in [6.07, 6.45) is 3.37. The van der Waals surface area contributed by atoms with Crippen molar-refractivity contribution in [1.82, 2.24) is 4.57 Å². The van der Waals surface area contributed by atoms with Crippen LogP contribution in [0.1, 0.15) is 40.5 Å². The number of aryl methyl sites for hydroxylation is 2. The molecular formula is C33H25N3O5S. The number of nitrogens with zero attached hydrogens (tertiary/aromatic N) is 3. The minimum Gasteiger partial charge on any atom is -0.496 e. The van der Waals surface area contributed by atoms with Crippen LogP contribution >= 0.6 is 11.3 Å². The third kappa shape index (κ3) is 4.21. The van der Waals surface area contributed by atoms with Crippen molar-refractivity contribution in [1.29, 1.82) is 0 Å². The van der Waals surface area contributed by atoms with Crippen LogP contribution in [0.25, 0.3) is 23.1 Å². The van der Waals surface area contributed by atoms with Gasteiger partial charge < -0.3 is 9.15 Å². The lowest BCUT2D eigenvalue weighted by molar-refractivity contribution is -0.385.